The smallest absolute Gasteiger partial charge is 0.338 e. The maximum atomic E-state index is 12.3. The molecule has 0 saturated carbocycles. The highest BCUT2D eigenvalue weighted by molar-refractivity contribution is 5.89. The lowest BCUT2D eigenvalue weighted by atomic mass is 9.95. The molecule has 2 rings (SSSR count). The number of hydrogen-bond donors (Lipinski definition) is 2. The molecule has 2 N–H and O–H groups in total. The minimum absolute atomic E-state index is 0.175. The number of rotatable bonds is 29. The van der Waals surface area contributed by atoms with E-state index in [9.17, 15) is 14.7 Å². The molecule has 0 amide bonds. The van der Waals surface area contributed by atoms with Crippen LogP contribution in [0.25, 0.3) is 0 Å². The first-order valence-electron chi connectivity index (χ1n) is 21.9. The van der Waals surface area contributed by atoms with Crippen molar-refractivity contribution in [2.45, 2.75) is 196 Å². The third-order valence-electron chi connectivity index (χ3n) is 10.2. The van der Waals surface area contributed by atoms with Gasteiger partial charge in [0.05, 0.1) is 17.7 Å². The molecule has 0 radical (unpaired) electrons. The zero-order chi connectivity index (χ0) is 39.4. The van der Waals surface area contributed by atoms with Gasteiger partial charge in [-0.1, -0.05) is 192 Å². The summed E-state index contributed by atoms with van der Waals surface area (Å²) in [7, 11) is 0. The summed E-state index contributed by atoms with van der Waals surface area (Å²) in [6.45, 7) is 14.0. The van der Waals surface area contributed by atoms with Crippen LogP contribution in [0.3, 0.4) is 0 Å². The molecule has 5 nitrogen and oxygen atoms in total. The second-order valence-electron chi connectivity index (χ2n) is 15.4. The van der Waals surface area contributed by atoms with Crippen molar-refractivity contribution in [2.75, 3.05) is 13.2 Å². The van der Waals surface area contributed by atoms with Crippen LogP contribution in [-0.4, -0.2) is 35.4 Å². The Morgan fingerprint density at radius 3 is 1.17 bits per heavy atom. The molecule has 0 aromatic heterocycles. The number of aromatic carboxylic acids is 1. The molecule has 0 heterocycles. The van der Waals surface area contributed by atoms with Gasteiger partial charge in [0.2, 0.25) is 0 Å². The first-order chi connectivity index (χ1) is 25.7. The summed E-state index contributed by atoms with van der Waals surface area (Å²) < 4.78 is 5.64. The third kappa shape index (κ3) is 30.4. The first kappa shape index (κ1) is 50.3. The third-order valence-corrected chi connectivity index (χ3v) is 10.2. The molecular weight excluding hydrogens is 657 g/mol. The number of ether oxygens (including phenoxy) is 1. The summed E-state index contributed by atoms with van der Waals surface area (Å²) in [5.74, 6) is 0.0527. The molecule has 2 unspecified atom stereocenters. The number of esters is 1. The van der Waals surface area contributed by atoms with E-state index >= 15 is 0 Å². The first-order valence-corrected chi connectivity index (χ1v) is 21.9. The van der Waals surface area contributed by atoms with Gasteiger partial charge in [-0.05, 0) is 75.6 Å². The zero-order valence-electron chi connectivity index (χ0n) is 35.3. The van der Waals surface area contributed by atoms with Gasteiger partial charge in [-0.15, -0.1) is 0 Å². The van der Waals surface area contributed by atoms with Gasteiger partial charge in [0, 0.05) is 6.61 Å². The van der Waals surface area contributed by atoms with Crippen molar-refractivity contribution in [3.05, 3.63) is 70.8 Å². The van der Waals surface area contributed by atoms with Gasteiger partial charge < -0.3 is 14.9 Å². The normalized spacial score (nSPS) is 11.8. The molecule has 304 valence electrons. The van der Waals surface area contributed by atoms with Gasteiger partial charge in [0.25, 0.3) is 0 Å². The number of carbonyl (C=O) groups is 2. The minimum Gasteiger partial charge on any atom is -0.478 e. The van der Waals surface area contributed by atoms with Gasteiger partial charge in [-0.3, -0.25) is 0 Å². The van der Waals surface area contributed by atoms with Gasteiger partial charge in [-0.25, -0.2) is 9.59 Å². The molecule has 2 aromatic rings. The van der Waals surface area contributed by atoms with Crippen LogP contribution in [0.1, 0.15) is 214 Å². The Morgan fingerprint density at radius 2 is 0.811 bits per heavy atom. The molecule has 0 spiro atoms. The van der Waals surface area contributed by atoms with E-state index < -0.39 is 5.97 Å². The lowest BCUT2D eigenvalue weighted by molar-refractivity contribution is 0.0421. The van der Waals surface area contributed by atoms with E-state index in [1.807, 2.05) is 38.1 Å². The predicted octanol–water partition coefficient (Wildman–Crippen LogP) is 14.5. The Bertz CT molecular complexity index is 1090. The van der Waals surface area contributed by atoms with Crippen molar-refractivity contribution in [2.24, 2.45) is 11.8 Å². The Hall–Kier alpha value is -2.66. The van der Waals surface area contributed by atoms with Crippen LogP contribution in [0, 0.1) is 25.7 Å². The molecule has 53 heavy (non-hydrogen) atoms. The van der Waals surface area contributed by atoms with Crippen LogP contribution in [0.5, 0.6) is 0 Å². The Kier molecular flexibility index (Phi) is 34.5. The van der Waals surface area contributed by atoms with Crippen molar-refractivity contribution < 1.29 is 24.5 Å². The summed E-state index contributed by atoms with van der Waals surface area (Å²) >= 11 is 0. The van der Waals surface area contributed by atoms with Crippen molar-refractivity contribution in [3.8, 4) is 0 Å². The lowest BCUT2D eigenvalue weighted by Crippen LogP contribution is -2.15. The van der Waals surface area contributed by atoms with Crippen molar-refractivity contribution >= 4 is 11.9 Å². The molecule has 5 heteroatoms. The average molecular weight is 739 g/mol. The van der Waals surface area contributed by atoms with Crippen LogP contribution >= 0.6 is 0 Å². The number of carboxylic acid groups (broad SMARTS) is 1. The van der Waals surface area contributed by atoms with Crippen molar-refractivity contribution in [1.29, 1.82) is 0 Å². The van der Waals surface area contributed by atoms with Crippen LogP contribution in [0.15, 0.2) is 48.5 Å². The molecule has 0 saturated heterocycles. The molecule has 0 aliphatic carbocycles. The van der Waals surface area contributed by atoms with E-state index in [1.54, 1.807) is 24.3 Å². The van der Waals surface area contributed by atoms with Crippen LogP contribution in [0.4, 0.5) is 0 Å². The standard InChI is InChI=1S/C24H40O2.C16H34O.C8H8O2/c1-4-6-8-10-11-13-15-22(14-12-9-7-5-2)20-26-24(25)23-18-16-21(3)17-19-23;1-3-5-7-9-10-12-14-16(15-17)13-11-8-6-4-2;1-6-2-4-7(5-3-6)8(9)10/h16-19,22H,4-15,20H2,1-3H3;16-17H,3-15H2,1-2H3;2-5H,1H3,(H,9,10). The average Bonchev–Trinajstić information content (AvgIpc) is 3.16. The van der Waals surface area contributed by atoms with E-state index in [0.717, 1.165) is 5.56 Å². The summed E-state index contributed by atoms with van der Waals surface area (Å²) in [6.07, 6.45) is 31.5. The fraction of sp³-hybridized carbons (Fsp3) is 0.708. The largest absolute Gasteiger partial charge is 0.478 e. The zero-order valence-corrected chi connectivity index (χ0v) is 35.3. The second kappa shape index (κ2) is 36.3. The predicted molar refractivity (Wildman–Crippen MR) is 227 cm³/mol. The van der Waals surface area contributed by atoms with Crippen LogP contribution in [-0.2, 0) is 4.74 Å². The van der Waals surface area contributed by atoms with E-state index in [0.29, 0.717) is 36.2 Å². The van der Waals surface area contributed by atoms with E-state index in [1.165, 1.54) is 160 Å². The molecule has 2 atom stereocenters. The Balaban J connectivity index is 0.000000853. The molecule has 0 bridgehead atoms. The number of unbranched alkanes of at least 4 members (excludes halogenated alkanes) is 16. The summed E-state index contributed by atoms with van der Waals surface area (Å²) in [6, 6.07) is 14.4. The Morgan fingerprint density at radius 1 is 0.491 bits per heavy atom. The van der Waals surface area contributed by atoms with Crippen LogP contribution < -0.4 is 0 Å². The summed E-state index contributed by atoms with van der Waals surface area (Å²) in [5, 5.41) is 17.8. The van der Waals surface area contributed by atoms with Gasteiger partial charge in [-0.2, -0.15) is 0 Å². The number of carbonyl (C=O) groups excluding carboxylic acids is 1. The maximum Gasteiger partial charge on any atom is 0.338 e. The monoisotopic (exact) mass is 739 g/mol. The number of hydrogen-bond acceptors (Lipinski definition) is 4. The van der Waals surface area contributed by atoms with Gasteiger partial charge >= 0.3 is 11.9 Å². The quantitative estimate of drug-likeness (QED) is 0.0641. The molecule has 0 aliphatic heterocycles. The van der Waals surface area contributed by atoms with E-state index in [4.69, 9.17) is 9.84 Å². The summed E-state index contributed by atoms with van der Waals surface area (Å²) in [4.78, 5) is 22.6. The number of benzene rings is 2. The molecule has 2 aromatic carbocycles. The van der Waals surface area contributed by atoms with Crippen molar-refractivity contribution in [1.82, 2.24) is 0 Å². The lowest BCUT2D eigenvalue weighted by Gasteiger charge is -2.17. The van der Waals surface area contributed by atoms with E-state index in [2.05, 4.69) is 27.7 Å². The van der Waals surface area contributed by atoms with Gasteiger partial charge in [0.1, 0.15) is 0 Å². The van der Waals surface area contributed by atoms with Gasteiger partial charge in [0.15, 0.2) is 0 Å². The maximum absolute atomic E-state index is 12.3. The second-order valence-corrected chi connectivity index (χ2v) is 15.4. The highest BCUT2D eigenvalue weighted by Gasteiger charge is 2.14. The topological polar surface area (TPSA) is 83.8 Å². The number of aliphatic hydroxyl groups excluding tert-OH is 1. The molecule has 0 fully saturated rings. The highest BCUT2D eigenvalue weighted by Crippen LogP contribution is 2.21. The summed E-state index contributed by atoms with van der Waals surface area (Å²) in [5.41, 5.74) is 3.24. The highest BCUT2D eigenvalue weighted by atomic mass is 16.5. The molecular formula is C48H82O5. The fourth-order valence-corrected chi connectivity index (χ4v) is 6.45. The van der Waals surface area contributed by atoms with E-state index in [-0.39, 0.29) is 5.97 Å². The SMILES string of the molecule is CCCCCCCCC(CCCCCC)COC(=O)c1ccc(C)cc1.CCCCCCCCC(CO)CCCCCC.Cc1ccc(C(=O)O)cc1. The number of aliphatic hydroxyl groups is 1. The minimum atomic E-state index is -0.875. The number of aryl methyl sites for hydroxylation is 2. The Labute approximate surface area is 327 Å². The van der Waals surface area contributed by atoms with Crippen molar-refractivity contribution in [3.63, 3.8) is 0 Å². The fourth-order valence-electron chi connectivity index (χ4n) is 6.45. The van der Waals surface area contributed by atoms with Crippen LogP contribution in [0.2, 0.25) is 0 Å². The number of carboxylic acids is 1. The molecule has 0 aliphatic rings.